The Hall–Kier alpha value is -2.87. The minimum Gasteiger partial charge on any atom is -0.348 e. The highest BCUT2D eigenvalue weighted by atomic mass is 15.2. The Morgan fingerprint density at radius 1 is 0.667 bits per heavy atom. The molecule has 120 valence electrons. The van der Waals surface area contributed by atoms with Gasteiger partial charge in [-0.05, 0) is 16.7 Å². The van der Waals surface area contributed by atoms with Crippen LogP contribution in [0.15, 0.2) is 96.0 Å². The van der Waals surface area contributed by atoms with Gasteiger partial charge in [-0.1, -0.05) is 91.0 Å². The maximum Gasteiger partial charge on any atom is 0.117 e. The fourth-order valence-electron chi connectivity index (χ4n) is 3.41. The van der Waals surface area contributed by atoms with Crippen LogP contribution in [0.25, 0.3) is 0 Å². The fourth-order valence-corrected chi connectivity index (χ4v) is 3.41. The third kappa shape index (κ3) is 2.71. The van der Waals surface area contributed by atoms with E-state index >= 15 is 0 Å². The standard InChI is InChI=1S/C22H22N2/c1-23-18-24(2)22(19-12-6-3-7-13-19,20-14-8-4-9-15-20)21-16-10-5-11-17-21/h3-18H,1-2H3. The van der Waals surface area contributed by atoms with Gasteiger partial charge < -0.3 is 4.90 Å². The Morgan fingerprint density at radius 2 is 1.00 bits per heavy atom. The fraction of sp³-hybridized carbons (Fsp3) is 0.136. The molecule has 3 aromatic carbocycles. The number of rotatable bonds is 5. The molecule has 0 spiro atoms. The average Bonchev–Trinajstić information content (AvgIpc) is 2.65. The first kappa shape index (κ1) is 16.0. The quantitative estimate of drug-likeness (QED) is 0.383. The van der Waals surface area contributed by atoms with Crippen LogP contribution in [0.5, 0.6) is 0 Å². The number of aliphatic imine (C=N–C) groups is 1. The highest BCUT2D eigenvalue weighted by molar-refractivity contribution is 5.63. The summed E-state index contributed by atoms with van der Waals surface area (Å²) < 4.78 is 0. The molecule has 0 amide bonds. The smallest absolute Gasteiger partial charge is 0.117 e. The summed E-state index contributed by atoms with van der Waals surface area (Å²) in [7, 11) is 3.89. The van der Waals surface area contributed by atoms with Crippen molar-refractivity contribution in [3.63, 3.8) is 0 Å². The van der Waals surface area contributed by atoms with Crippen molar-refractivity contribution < 1.29 is 0 Å². The van der Waals surface area contributed by atoms with Crippen LogP contribution in [0.1, 0.15) is 16.7 Å². The van der Waals surface area contributed by atoms with Gasteiger partial charge in [-0.25, -0.2) is 0 Å². The molecular weight excluding hydrogens is 292 g/mol. The minimum absolute atomic E-state index is 0.427. The van der Waals surface area contributed by atoms with E-state index < -0.39 is 5.54 Å². The molecule has 3 rings (SSSR count). The molecular formula is C22H22N2. The summed E-state index contributed by atoms with van der Waals surface area (Å²) in [5, 5.41) is 0. The van der Waals surface area contributed by atoms with Gasteiger partial charge in [0, 0.05) is 14.1 Å². The lowest BCUT2D eigenvalue weighted by molar-refractivity contribution is 0.325. The first-order valence-electron chi connectivity index (χ1n) is 8.12. The van der Waals surface area contributed by atoms with E-state index in [-0.39, 0.29) is 0 Å². The third-order valence-corrected chi connectivity index (χ3v) is 4.39. The van der Waals surface area contributed by atoms with Crippen molar-refractivity contribution in [3.8, 4) is 0 Å². The second-order valence-electron chi connectivity index (χ2n) is 5.79. The van der Waals surface area contributed by atoms with E-state index in [0.29, 0.717) is 0 Å². The Bertz CT molecular complexity index is 683. The molecule has 0 saturated carbocycles. The first-order valence-corrected chi connectivity index (χ1v) is 8.12. The van der Waals surface area contributed by atoms with Gasteiger partial charge >= 0.3 is 0 Å². The van der Waals surface area contributed by atoms with Crippen LogP contribution in [0, 0.1) is 0 Å². The van der Waals surface area contributed by atoms with E-state index in [0.717, 1.165) is 0 Å². The molecule has 0 bridgehead atoms. The highest BCUT2D eigenvalue weighted by Gasteiger charge is 2.39. The number of benzene rings is 3. The Labute approximate surface area is 144 Å². The second-order valence-corrected chi connectivity index (χ2v) is 5.79. The monoisotopic (exact) mass is 314 g/mol. The minimum atomic E-state index is -0.427. The number of nitrogens with zero attached hydrogens (tertiary/aromatic N) is 2. The zero-order valence-electron chi connectivity index (χ0n) is 14.1. The summed E-state index contributed by atoms with van der Waals surface area (Å²) in [5.74, 6) is 0. The predicted octanol–water partition coefficient (Wildman–Crippen LogP) is 4.57. The van der Waals surface area contributed by atoms with Crippen LogP contribution >= 0.6 is 0 Å². The van der Waals surface area contributed by atoms with Gasteiger partial charge in [0.1, 0.15) is 5.54 Å². The van der Waals surface area contributed by atoms with Crippen LogP contribution < -0.4 is 0 Å². The van der Waals surface area contributed by atoms with Crippen molar-refractivity contribution in [2.24, 2.45) is 4.99 Å². The lowest BCUT2D eigenvalue weighted by Crippen LogP contribution is -2.45. The number of hydrogen-bond donors (Lipinski definition) is 0. The topological polar surface area (TPSA) is 15.6 Å². The predicted molar refractivity (Wildman–Crippen MR) is 101 cm³/mol. The molecule has 0 unspecified atom stereocenters. The van der Waals surface area contributed by atoms with E-state index in [9.17, 15) is 0 Å². The highest BCUT2D eigenvalue weighted by Crippen LogP contribution is 2.40. The molecule has 0 aliphatic heterocycles. The molecule has 0 aromatic heterocycles. The summed E-state index contributed by atoms with van der Waals surface area (Å²) in [4.78, 5) is 6.47. The molecule has 0 N–H and O–H groups in total. The van der Waals surface area contributed by atoms with Crippen LogP contribution in [-0.2, 0) is 5.54 Å². The lowest BCUT2D eigenvalue weighted by atomic mass is 9.76. The Balaban J connectivity index is 2.37. The van der Waals surface area contributed by atoms with E-state index in [1.807, 2.05) is 13.4 Å². The maximum atomic E-state index is 4.28. The van der Waals surface area contributed by atoms with E-state index in [2.05, 4.69) is 108 Å². The van der Waals surface area contributed by atoms with Crippen molar-refractivity contribution in [2.75, 3.05) is 14.1 Å². The van der Waals surface area contributed by atoms with Gasteiger partial charge in [0.25, 0.3) is 0 Å². The Morgan fingerprint density at radius 3 is 1.29 bits per heavy atom. The van der Waals surface area contributed by atoms with Crippen molar-refractivity contribution >= 4 is 6.34 Å². The second kappa shape index (κ2) is 7.14. The van der Waals surface area contributed by atoms with E-state index in [4.69, 9.17) is 0 Å². The van der Waals surface area contributed by atoms with Gasteiger partial charge in [0.2, 0.25) is 0 Å². The van der Waals surface area contributed by atoms with Crippen molar-refractivity contribution in [2.45, 2.75) is 5.54 Å². The van der Waals surface area contributed by atoms with Gasteiger partial charge in [0.05, 0.1) is 6.34 Å². The lowest BCUT2D eigenvalue weighted by Gasteiger charge is -2.42. The molecule has 2 nitrogen and oxygen atoms in total. The molecule has 0 fully saturated rings. The SMILES string of the molecule is CN=CN(C)C(c1ccccc1)(c1ccccc1)c1ccccc1. The van der Waals surface area contributed by atoms with Crippen molar-refractivity contribution in [3.05, 3.63) is 108 Å². The molecule has 0 radical (unpaired) electrons. The van der Waals surface area contributed by atoms with Gasteiger partial charge in [-0.2, -0.15) is 0 Å². The van der Waals surface area contributed by atoms with Gasteiger partial charge in [0.15, 0.2) is 0 Å². The van der Waals surface area contributed by atoms with Gasteiger partial charge in [-0.3, -0.25) is 4.99 Å². The van der Waals surface area contributed by atoms with Crippen molar-refractivity contribution in [1.82, 2.24) is 4.90 Å². The van der Waals surface area contributed by atoms with Crippen LogP contribution in [0.4, 0.5) is 0 Å². The Kier molecular flexibility index (Phi) is 4.76. The van der Waals surface area contributed by atoms with Crippen molar-refractivity contribution in [1.29, 1.82) is 0 Å². The van der Waals surface area contributed by atoms with E-state index in [1.54, 1.807) is 0 Å². The summed E-state index contributed by atoms with van der Waals surface area (Å²) >= 11 is 0. The molecule has 0 atom stereocenters. The summed E-state index contributed by atoms with van der Waals surface area (Å²) in [6.45, 7) is 0. The molecule has 0 heterocycles. The molecule has 0 saturated heterocycles. The van der Waals surface area contributed by atoms with Crippen LogP contribution in [0.2, 0.25) is 0 Å². The van der Waals surface area contributed by atoms with E-state index in [1.165, 1.54) is 16.7 Å². The zero-order valence-corrected chi connectivity index (χ0v) is 14.1. The normalized spacial score (nSPS) is 11.6. The molecule has 24 heavy (non-hydrogen) atoms. The summed E-state index contributed by atoms with van der Waals surface area (Å²) in [5.41, 5.74) is 3.21. The maximum absolute atomic E-state index is 4.28. The molecule has 3 aromatic rings. The van der Waals surface area contributed by atoms with Crippen LogP contribution in [-0.4, -0.2) is 25.3 Å². The van der Waals surface area contributed by atoms with Gasteiger partial charge in [-0.15, -0.1) is 0 Å². The summed E-state index contributed by atoms with van der Waals surface area (Å²) in [6, 6.07) is 31.8. The molecule has 2 heteroatoms. The number of hydrogen-bond acceptors (Lipinski definition) is 1. The van der Waals surface area contributed by atoms with Crippen LogP contribution in [0.3, 0.4) is 0 Å². The molecule has 0 aliphatic rings. The first-order chi connectivity index (χ1) is 11.8. The summed E-state index contributed by atoms with van der Waals surface area (Å²) in [6.07, 6.45) is 1.90. The zero-order chi connectivity index (χ0) is 16.8. The third-order valence-electron chi connectivity index (χ3n) is 4.39. The molecule has 0 aliphatic carbocycles. The average molecular weight is 314 g/mol. The largest absolute Gasteiger partial charge is 0.348 e.